The van der Waals surface area contributed by atoms with Crippen LogP contribution in [0.2, 0.25) is 0 Å². The molecule has 4 rings (SSSR count). The second-order valence-corrected chi connectivity index (χ2v) is 7.40. The van der Waals surface area contributed by atoms with Crippen LogP contribution in [0.3, 0.4) is 0 Å². The maximum atomic E-state index is 13.1. The Morgan fingerprint density at radius 2 is 1.96 bits per heavy atom. The third-order valence-corrected chi connectivity index (χ3v) is 6.15. The first kappa shape index (κ1) is 18.7. The molecule has 1 aliphatic heterocycles. The number of β-amino-alcohol motifs (C(OH)–C–C–N with tert-alkyl or cyclic N) is 1. The molecule has 1 aliphatic carbocycles. The van der Waals surface area contributed by atoms with Crippen molar-refractivity contribution < 1.29 is 24.5 Å². The van der Waals surface area contributed by atoms with E-state index in [1.807, 2.05) is 30.3 Å². The first-order chi connectivity index (χ1) is 13.6. The quantitative estimate of drug-likeness (QED) is 0.808. The number of ether oxygens (including phenoxy) is 2. The Morgan fingerprint density at radius 3 is 2.61 bits per heavy atom. The predicted octanol–water partition coefficient (Wildman–Crippen LogP) is 1.31. The molecule has 7 nitrogen and oxygen atoms in total. The van der Waals surface area contributed by atoms with Crippen LogP contribution in [-0.4, -0.2) is 66.0 Å². The fourth-order valence-electron chi connectivity index (χ4n) is 4.75. The molecule has 4 atom stereocenters. The van der Waals surface area contributed by atoms with Crippen molar-refractivity contribution >= 4 is 5.91 Å². The summed E-state index contributed by atoms with van der Waals surface area (Å²) in [7, 11) is 2.95. The van der Waals surface area contributed by atoms with E-state index in [0.29, 0.717) is 18.0 Å². The summed E-state index contributed by atoms with van der Waals surface area (Å²) in [6.45, 7) is 0.576. The molecule has 2 aliphatic rings. The van der Waals surface area contributed by atoms with Gasteiger partial charge in [-0.3, -0.25) is 4.79 Å². The normalized spacial score (nSPS) is 28.4. The molecule has 1 amide bonds. The van der Waals surface area contributed by atoms with Crippen molar-refractivity contribution in [3.63, 3.8) is 0 Å². The molecular weight excluding hydrogens is 360 g/mol. The second-order valence-electron chi connectivity index (χ2n) is 7.40. The van der Waals surface area contributed by atoms with E-state index in [2.05, 4.69) is 4.98 Å². The molecule has 1 spiro atoms. The van der Waals surface area contributed by atoms with Crippen LogP contribution in [0.25, 0.3) is 0 Å². The lowest BCUT2D eigenvalue weighted by molar-refractivity contribution is 0.0759. The van der Waals surface area contributed by atoms with Gasteiger partial charge in [0.1, 0.15) is 5.56 Å². The highest BCUT2D eigenvalue weighted by Gasteiger charge is 2.71. The Kier molecular flexibility index (Phi) is 4.72. The van der Waals surface area contributed by atoms with Gasteiger partial charge in [-0.05, 0) is 23.5 Å². The van der Waals surface area contributed by atoms with E-state index in [0.717, 1.165) is 5.56 Å². The minimum Gasteiger partial charge on any atom is -0.481 e. The van der Waals surface area contributed by atoms with Crippen molar-refractivity contribution in [2.24, 2.45) is 11.3 Å². The van der Waals surface area contributed by atoms with Gasteiger partial charge in [-0.15, -0.1) is 0 Å². The smallest absolute Gasteiger partial charge is 0.259 e. The minimum absolute atomic E-state index is 0.0218. The average Bonchev–Trinajstić information content (AvgIpc) is 3.28. The Hall–Kier alpha value is -2.64. The molecule has 2 fully saturated rings. The fraction of sp³-hybridized carbons (Fsp3) is 0.429. The number of carbonyl (C=O) groups is 1. The van der Waals surface area contributed by atoms with Gasteiger partial charge in [0.15, 0.2) is 0 Å². The largest absolute Gasteiger partial charge is 0.481 e. The van der Waals surface area contributed by atoms with E-state index >= 15 is 0 Å². The SMILES string of the molecule is COc1ccc(C(=O)N2C[C@@H](O)[C@@]3(C2)[C@H](CO)[C@H]3c2ccccc2)c(OC)n1. The van der Waals surface area contributed by atoms with Crippen LogP contribution >= 0.6 is 0 Å². The van der Waals surface area contributed by atoms with Gasteiger partial charge in [-0.1, -0.05) is 30.3 Å². The summed E-state index contributed by atoms with van der Waals surface area (Å²) >= 11 is 0. The van der Waals surface area contributed by atoms with Crippen molar-refractivity contribution in [3.05, 3.63) is 53.6 Å². The van der Waals surface area contributed by atoms with Crippen molar-refractivity contribution in [3.8, 4) is 11.8 Å². The highest BCUT2D eigenvalue weighted by atomic mass is 16.5. The topological polar surface area (TPSA) is 92.1 Å². The molecule has 2 N–H and O–H groups in total. The first-order valence-electron chi connectivity index (χ1n) is 9.29. The van der Waals surface area contributed by atoms with Gasteiger partial charge in [-0.2, -0.15) is 4.98 Å². The summed E-state index contributed by atoms with van der Waals surface area (Å²) in [5.41, 5.74) is 0.891. The lowest BCUT2D eigenvalue weighted by Gasteiger charge is -2.18. The van der Waals surface area contributed by atoms with E-state index < -0.39 is 11.5 Å². The van der Waals surface area contributed by atoms with Crippen molar-refractivity contribution in [2.45, 2.75) is 12.0 Å². The molecule has 7 heteroatoms. The zero-order valence-corrected chi connectivity index (χ0v) is 15.9. The number of aliphatic hydroxyl groups is 2. The number of hydrogen-bond donors (Lipinski definition) is 2. The monoisotopic (exact) mass is 384 g/mol. The zero-order chi connectivity index (χ0) is 19.9. The molecule has 2 aromatic rings. The van der Waals surface area contributed by atoms with Crippen molar-refractivity contribution in [1.29, 1.82) is 0 Å². The second kappa shape index (κ2) is 7.07. The first-order valence-corrected chi connectivity index (χ1v) is 9.29. The molecule has 1 saturated carbocycles. The highest BCUT2D eigenvalue weighted by molar-refractivity contribution is 5.96. The van der Waals surface area contributed by atoms with Crippen LogP contribution in [0.4, 0.5) is 0 Å². The number of aromatic nitrogens is 1. The van der Waals surface area contributed by atoms with Gasteiger partial charge in [0.05, 0.1) is 20.3 Å². The summed E-state index contributed by atoms with van der Waals surface area (Å²) in [5.74, 6) is 0.256. The van der Waals surface area contributed by atoms with Gasteiger partial charge in [0.25, 0.3) is 5.91 Å². The average molecular weight is 384 g/mol. The van der Waals surface area contributed by atoms with E-state index in [-0.39, 0.29) is 36.8 Å². The summed E-state index contributed by atoms with van der Waals surface area (Å²) in [4.78, 5) is 18.9. The third-order valence-electron chi connectivity index (χ3n) is 6.15. The molecule has 0 radical (unpaired) electrons. The van der Waals surface area contributed by atoms with Crippen LogP contribution in [0.5, 0.6) is 11.8 Å². The standard InChI is InChI=1S/C21H24N2O5/c1-27-17-9-8-14(19(22-17)28-2)20(26)23-10-16(25)21(12-23)15(11-24)18(21)13-6-4-3-5-7-13/h3-9,15-16,18,24-25H,10-12H2,1-2H3/t15-,16-,18-,21-/m1/s1. The summed E-state index contributed by atoms with van der Waals surface area (Å²) in [5, 5.41) is 20.8. The maximum absolute atomic E-state index is 13.1. The Labute approximate surface area is 163 Å². The number of likely N-dealkylation sites (tertiary alicyclic amines) is 1. The van der Waals surface area contributed by atoms with Crippen molar-refractivity contribution in [2.75, 3.05) is 33.9 Å². The highest BCUT2D eigenvalue weighted by Crippen LogP contribution is 2.68. The number of pyridine rings is 1. The van der Waals surface area contributed by atoms with E-state index in [1.165, 1.54) is 14.2 Å². The zero-order valence-electron chi connectivity index (χ0n) is 15.9. The van der Waals surface area contributed by atoms with Crippen LogP contribution < -0.4 is 9.47 Å². The number of carbonyl (C=O) groups excluding carboxylic acids is 1. The summed E-state index contributed by atoms with van der Waals surface area (Å²) < 4.78 is 10.3. The van der Waals surface area contributed by atoms with Crippen molar-refractivity contribution in [1.82, 2.24) is 9.88 Å². The van der Waals surface area contributed by atoms with Crippen LogP contribution in [0.15, 0.2) is 42.5 Å². The van der Waals surface area contributed by atoms with Gasteiger partial charge in [0.2, 0.25) is 11.8 Å². The molecule has 0 bridgehead atoms. The molecule has 2 heterocycles. The number of nitrogens with zero attached hydrogens (tertiary/aromatic N) is 2. The molecule has 1 aromatic heterocycles. The Balaban J connectivity index is 1.60. The molecule has 28 heavy (non-hydrogen) atoms. The molecule has 148 valence electrons. The lowest BCUT2D eigenvalue weighted by Crippen LogP contribution is -2.30. The number of methoxy groups -OCH3 is 2. The van der Waals surface area contributed by atoms with E-state index in [4.69, 9.17) is 9.47 Å². The Bertz CT molecular complexity index is 874. The minimum atomic E-state index is -0.698. The van der Waals surface area contributed by atoms with E-state index in [1.54, 1.807) is 17.0 Å². The maximum Gasteiger partial charge on any atom is 0.259 e. The van der Waals surface area contributed by atoms with Gasteiger partial charge < -0.3 is 24.6 Å². The van der Waals surface area contributed by atoms with Gasteiger partial charge in [-0.25, -0.2) is 0 Å². The third kappa shape index (κ3) is 2.73. The number of amides is 1. The number of rotatable bonds is 5. The van der Waals surface area contributed by atoms with Crippen LogP contribution in [-0.2, 0) is 0 Å². The number of hydrogen-bond acceptors (Lipinski definition) is 6. The Morgan fingerprint density at radius 1 is 1.21 bits per heavy atom. The number of aliphatic hydroxyl groups excluding tert-OH is 2. The summed E-state index contributed by atoms with van der Waals surface area (Å²) in [6.07, 6.45) is -0.698. The fourth-order valence-corrected chi connectivity index (χ4v) is 4.75. The summed E-state index contributed by atoms with van der Waals surface area (Å²) in [6, 6.07) is 13.1. The molecule has 0 unspecified atom stereocenters. The van der Waals surface area contributed by atoms with Gasteiger partial charge in [0, 0.05) is 31.2 Å². The van der Waals surface area contributed by atoms with E-state index in [9.17, 15) is 15.0 Å². The molecule has 1 saturated heterocycles. The number of benzene rings is 1. The van der Waals surface area contributed by atoms with Crippen LogP contribution in [0, 0.1) is 11.3 Å². The van der Waals surface area contributed by atoms with Crippen LogP contribution in [0.1, 0.15) is 21.8 Å². The lowest BCUT2D eigenvalue weighted by atomic mass is 9.95. The molecule has 1 aromatic carbocycles. The molecular formula is C21H24N2O5. The predicted molar refractivity (Wildman–Crippen MR) is 101 cm³/mol. The van der Waals surface area contributed by atoms with Gasteiger partial charge >= 0.3 is 0 Å².